The van der Waals surface area contributed by atoms with E-state index in [9.17, 15) is 14.4 Å². The van der Waals surface area contributed by atoms with E-state index < -0.39 is 24.4 Å². The average Bonchev–Trinajstić information content (AvgIpc) is 3.28. The van der Waals surface area contributed by atoms with Crippen molar-refractivity contribution in [2.45, 2.75) is 19.8 Å². The number of hydrogen-bond acceptors (Lipinski definition) is 5. The second-order valence-corrected chi connectivity index (χ2v) is 6.88. The van der Waals surface area contributed by atoms with Crippen LogP contribution >= 0.6 is 0 Å². The first-order valence-electron chi connectivity index (χ1n) is 9.45. The van der Waals surface area contributed by atoms with Gasteiger partial charge in [0.2, 0.25) is 0 Å². The van der Waals surface area contributed by atoms with E-state index in [0.29, 0.717) is 11.4 Å². The minimum Gasteiger partial charge on any atom is -0.459 e. The zero-order valence-corrected chi connectivity index (χ0v) is 16.7. The maximum atomic E-state index is 12.2. The van der Waals surface area contributed by atoms with Crippen molar-refractivity contribution in [3.8, 4) is 0 Å². The average molecular weight is 406 g/mol. The van der Waals surface area contributed by atoms with Crippen LogP contribution in [0.5, 0.6) is 0 Å². The molecule has 0 aliphatic heterocycles. The van der Waals surface area contributed by atoms with Crippen LogP contribution in [-0.2, 0) is 9.53 Å². The van der Waals surface area contributed by atoms with Gasteiger partial charge in [-0.2, -0.15) is 0 Å². The van der Waals surface area contributed by atoms with Gasteiger partial charge in [0, 0.05) is 11.4 Å². The molecule has 0 saturated heterocycles. The van der Waals surface area contributed by atoms with E-state index in [1.165, 1.54) is 18.4 Å². The Hall–Kier alpha value is -3.87. The number of esters is 1. The van der Waals surface area contributed by atoms with Gasteiger partial charge in [-0.05, 0) is 53.9 Å². The van der Waals surface area contributed by atoms with Gasteiger partial charge >= 0.3 is 5.97 Å². The van der Waals surface area contributed by atoms with Gasteiger partial charge in [-0.1, -0.05) is 32.0 Å². The maximum Gasteiger partial charge on any atom is 0.338 e. The normalized spacial score (nSPS) is 10.5. The number of amides is 2. The van der Waals surface area contributed by atoms with Crippen molar-refractivity contribution in [1.82, 2.24) is 0 Å². The number of rotatable bonds is 7. The fraction of sp³-hybridized carbons (Fsp3) is 0.174. The summed E-state index contributed by atoms with van der Waals surface area (Å²) in [5, 5.41) is 5.42. The Morgan fingerprint density at radius 1 is 0.933 bits per heavy atom. The van der Waals surface area contributed by atoms with Crippen LogP contribution in [0.15, 0.2) is 71.3 Å². The number of hydrogen-bond donors (Lipinski definition) is 2. The van der Waals surface area contributed by atoms with Crippen LogP contribution in [-0.4, -0.2) is 24.4 Å². The van der Waals surface area contributed by atoms with Crippen molar-refractivity contribution in [3.05, 3.63) is 83.8 Å². The molecule has 7 nitrogen and oxygen atoms in total. The number of nitrogens with one attached hydrogen (secondary N) is 2. The molecular weight excluding hydrogens is 384 g/mol. The van der Waals surface area contributed by atoms with Crippen molar-refractivity contribution in [3.63, 3.8) is 0 Å². The van der Waals surface area contributed by atoms with Crippen molar-refractivity contribution in [1.29, 1.82) is 0 Å². The Labute approximate surface area is 174 Å². The predicted molar refractivity (Wildman–Crippen MR) is 113 cm³/mol. The zero-order valence-electron chi connectivity index (χ0n) is 16.7. The van der Waals surface area contributed by atoms with Gasteiger partial charge in [0.25, 0.3) is 11.8 Å². The van der Waals surface area contributed by atoms with Crippen LogP contribution in [0, 0.1) is 0 Å². The molecule has 3 aromatic rings. The van der Waals surface area contributed by atoms with Gasteiger partial charge in [0.05, 0.1) is 11.8 Å². The number of para-hydroxylation sites is 1. The van der Waals surface area contributed by atoms with Gasteiger partial charge in [-0.15, -0.1) is 0 Å². The van der Waals surface area contributed by atoms with Crippen LogP contribution in [0.4, 0.5) is 11.4 Å². The van der Waals surface area contributed by atoms with E-state index in [4.69, 9.17) is 9.15 Å². The van der Waals surface area contributed by atoms with E-state index in [0.717, 1.165) is 5.56 Å². The summed E-state index contributed by atoms with van der Waals surface area (Å²) in [7, 11) is 0. The van der Waals surface area contributed by atoms with Crippen molar-refractivity contribution in [2.75, 3.05) is 17.2 Å². The van der Waals surface area contributed by atoms with E-state index >= 15 is 0 Å². The fourth-order valence-electron chi connectivity index (χ4n) is 2.81. The van der Waals surface area contributed by atoms with Crippen molar-refractivity contribution < 1.29 is 23.5 Å². The molecule has 154 valence electrons. The Kier molecular flexibility index (Phi) is 6.64. The summed E-state index contributed by atoms with van der Waals surface area (Å²) in [4.78, 5) is 36.3. The highest BCUT2D eigenvalue weighted by atomic mass is 16.5. The predicted octanol–water partition coefficient (Wildman–Crippen LogP) is 4.45. The molecule has 2 aromatic carbocycles. The van der Waals surface area contributed by atoms with E-state index in [1.807, 2.05) is 38.1 Å². The standard InChI is InChI=1S/C23H22N2O5/c1-15(2)18-6-3-4-7-19(18)25-21(26)14-30-23(28)16-9-11-17(12-10-16)24-22(27)20-8-5-13-29-20/h3-13,15H,14H2,1-2H3,(H,24,27)(H,25,26). The Balaban J connectivity index is 1.52. The number of anilines is 2. The van der Waals surface area contributed by atoms with Crippen LogP contribution < -0.4 is 10.6 Å². The van der Waals surface area contributed by atoms with Gasteiger partial charge in [0.15, 0.2) is 12.4 Å². The molecule has 0 atom stereocenters. The largest absolute Gasteiger partial charge is 0.459 e. The molecule has 7 heteroatoms. The highest BCUT2D eigenvalue weighted by Crippen LogP contribution is 2.23. The van der Waals surface area contributed by atoms with Crippen LogP contribution in [0.3, 0.4) is 0 Å². The first kappa shape index (κ1) is 20.9. The highest BCUT2D eigenvalue weighted by Gasteiger charge is 2.14. The Morgan fingerprint density at radius 2 is 1.67 bits per heavy atom. The van der Waals surface area contributed by atoms with Gasteiger partial charge < -0.3 is 19.8 Å². The van der Waals surface area contributed by atoms with Gasteiger partial charge in [0.1, 0.15) is 0 Å². The molecule has 0 fully saturated rings. The molecule has 0 saturated carbocycles. The second kappa shape index (κ2) is 9.56. The van der Waals surface area contributed by atoms with Gasteiger partial charge in [-0.25, -0.2) is 4.79 Å². The van der Waals surface area contributed by atoms with Crippen molar-refractivity contribution >= 4 is 29.2 Å². The summed E-state index contributed by atoms with van der Waals surface area (Å²) < 4.78 is 10.1. The number of carbonyl (C=O) groups excluding carboxylic acids is 3. The molecule has 30 heavy (non-hydrogen) atoms. The molecule has 0 spiro atoms. The Morgan fingerprint density at radius 3 is 2.33 bits per heavy atom. The maximum absolute atomic E-state index is 12.2. The lowest BCUT2D eigenvalue weighted by atomic mass is 10.0. The molecule has 0 radical (unpaired) electrons. The molecule has 0 aliphatic carbocycles. The molecule has 0 unspecified atom stereocenters. The molecule has 2 amide bonds. The molecule has 1 heterocycles. The summed E-state index contributed by atoms with van der Waals surface area (Å²) in [6.07, 6.45) is 1.41. The molecule has 1 aromatic heterocycles. The van der Waals surface area contributed by atoms with Gasteiger partial charge in [-0.3, -0.25) is 9.59 Å². The zero-order chi connectivity index (χ0) is 21.5. The SMILES string of the molecule is CC(C)c1ccccc1NC(=O)COC(=O)c1ccc(NC(=O)c2ccco2)cc1. The van der Waals surface area contributed by atoms with Crippen molar-refractivity contribution in [2.24, 2.45) is 0 Å². The fourth-order valence-corrected chi connectivity index (χ4v) is 2.81. The number of ether oxygens (including phenoxy) is 1. The second-order valence-electron chi connectivity index (χ2n) is 6.88. The summed E-state index contributed by atoms with van der Waals surface area (Å²) in [6, 6.07) is 16.8. The summed E-state index contributed by atoms with van der Waals surface area (Å²) in [6.45, 7) is 3.67. The van der Waals surface area contributed by atoms with Crippen LogP contribution in [0.25, 0.3) is 0 Å². The van der Waals surface area contributed by atoms with E-state index in [2.05, 4.69) is 10.6 Å². The summed E-state index contributed by atoms with van der Waals surface area (Å²) in [5.41, 5.74) is 2.46. The molecule has 0 aliphatic rings. The lowest BCUT2D eigenvalue weighted by Crippen LogP contribution is -2.21. The summed E-state index contributed by atoms with van der Waals surface area (Å²) in [5.74, 6) is -1.02. The number of benzene rings is 2. The van der Waals surface area contributed by atoms with E-state index in [-0.39, 0.29) is 17.2 Å². The summed E-state index contributed by atoms with van der Waals surface area (Å²) >= 11 is 0. The highest BCUT2D eigenvalue weighted by molar-refractivity contribution is 6.02. The molecule has 3 rings (SSSR count). The molecule has 2 N–H and O–H groups in total. The van der Waals surface area contributed by atoms with E-state index in [1.54, 1.807) is 24.3 Å². The Bertz CT molecular complexity index is 1020. The third kappa shape index (κ3) is 5.35. The first-order valence-corrected chi connectivity index (χ1v) is 9.45. The quantitative estimate of drug-likeness (QED) is 0.565. The smallest absolute Gasteiger partial charge is 0.338 e. The van der Waals surface area contributed by atoms with Crippen LogP contribution in [0.2, 0.25) is 0 Å². The molecule has 0 bridgehead atoms. The number of carbonyl (C=O) groups is 3. The first-order chi connectivity index (χ1) is 14.4. The monoisotopic (exact) mass is 406 g/mol. The van der Waals surface area contributed by atoms with Crippen LogP contribution in [0.1, 0.15) is 46.2 Å². The topological polar surface area (TPSA) is 97.6 Å². The minimum absolute atomic E-state index is 0.184. The third-order valence-electron chi connectivity index (χ3n) is 4.31. The number of furan rings is 1. The minimum atomic E-state index is -0.633. The lowest BCUT2D eigenvalue weighted by molar-refractivity contribution is -0.119. The molecular formula is C23H22N2O5. The third-order valence-corrected chi connectivity index (χ3v) is 4.31. The lowest BCUT2D eigenvalue weighted by Gasteiger charge is -2.13.